The van der Waals surface area contributed by atoms with E-state index in [0.29, 0.717) is 0 Å². The smallest absolute Gasteiger partial charge is 0.137 e. The van der Waals surface area contributed by atoms with E-state index >= 15 is 0 Å². The fourth-order valence-electron chi connectivity index (χ4n) is 10.2. The highest BCUT2D eigenvalue weighted by Gasteiger charge is 2.46. The quantitative estimate of drug-likeness (QED) is 0.159. The maximum atomic E-state index is 7.13. The predicted octanol–water partition coefficient (Wildman–Crippen LogP) is 16.3. The highest BCUT2D eigenvalue weighted by molar-refractivity contribution is 6.00. The highest BCUT2D eigenvalue weighted by atomic mass is 16.5. The Balaban J connectivity index is 1.11. The Bertz CT molecular complexity index is 3250. The maximum Gasteiger partial charge on any atom is 0.137 e. The van der Waals surface area contributed by atoms with Crippen molar-refractivity contribution < 1.29 is 4.74 Å². The van der Waals surface area contributed by atoms with Gasteiger partial charge in [-0.1, -0.05) is 200 Å². The van der Waals surface area contributed by atoms with E-state index in [9.17, 15) is 0 Å². The van der Waals surface area contributed by atoms with E-state index in [2.05, 4.69) is 254 Å². The number of nitrogens with zero attached hydrogens (tertiary/aromatic N) is 1. The third kappa shape index (κ3) is 5.95. The van der Waals surface area contributed by atoms with Crippen LogP contribution < -0.4 is 9.64 Å². The fraction of sp³-hybridized carbons (Fsp3) is 0.0164. The molecule has 63 heavy (non-hydrogen) atoms. The first kappa shape index (κ1) is 36.6. The van der Waals surface area contributed by atoms with E-state index in [4.69, 9.17) is 4.74 Å². The summed E-state index contributed by atoms with van der Waals surface area (Å²) >= 11 is 0. The second-order valence-electron chi connectivity index (χ2n) is 16.4. The summed E-state index contributed by atoms with van der Waals surface area (Å²) in [5.41, 5.74) is 19.1. The summed E-state index contributed by atoms with van der Waals surface area (Å²) in [6, 6.07) is 90.1. The SMILES string of the molecule is c1ccc(-c2ccc(N(c3ccc4c(c3)C(c3ccccc3)(c3ccccc3)c3ccccc3-4)c3cccc4c3-c3ccccc3-c3ccc(-c5ccccc5)cc3O4)cc2)cc1. The summed E-state index contributed by atoms with van der Waals surface area (Å²) in [4.78, 5) is 2.43. The van der Waals surface area contributed by atoms with E-state index in [1.54, 1.807) is 0 Å². The van der Waals surface area contributed by atoms with Crippen molar-refractivity contribution in [2.45, 2.75) is 5.41 Å². The van der Waals surface area contributed by atoms with Gasteiger partial charge >= 0.3 is 0 Å². The molecule has 0 unspecified atom stereocenters. The molecule has 0 spiro atoms. The number of hydrogen-bond acceptors (Lipinski definition) is 2. The van der Waals surface area contributed by atoms with Crippen molar-refractivity contribution in [3.05, 3.63) is 271 Å². The van der Waals surface area contributed by atoms with E-state index in [1.165, 1.54) is 44.5 Å². The average Bonchev–Trinajstić information content (AvgIpc) is 3.57. The van der Waals surface area contributed by atoms with Crippen LogP contribution in [0, 0.1) is 0 Å². The summed E-state index contributed by atoms with van der Waals surface area (Å²) in [6.07, 6.45) is 0. The second-order valence-corrected chi connectivity index (χ2v) is 16.4. The first-order valence-corrected chi connectivity index (χ1v) is 21.7. The van der Waals surface area contributed by atoms with Crippen molar-refractivity contribution in [3.8, 4) is 67.1 Å². The Morgan fingerprint density at radius 1 is 0.302 bits per heavy atom. The molecule has 0 saturated carbocycles. The van der Waals surface area contributed by atoms with Crippen LogP contribution in [0.1, 0.15) is 22.3 Å². The molecule has 1 aliphatic heterocycles. The van der Waals surface area contributed by atoms with Crippen LogP contribution in [0.5, 0.6) is 11.5 Å². The van der Waals surface area contributed by atoms with Gasteiger partial charge in [0.1, 0.15) is 11.5 Å². The molecular weight excluding hydrogens is 763 g/mol. The maximum absolute atomic E-state index is 7.13. The largest absolute Gasteiger partial charge is 0.456 e. The molecule has 0 saturated heterocycles. The Morgan fingerprint density at radius 3 is 1.49 bits per heavy atom. The zero-order chi connectivity index (χ0) is 41.7. The zero-order valence-electron chi connectivity index (χ0n) is 34.5. The number of anilines is 3. The molecule has 2 heteroatoms. The number of hydrogen-bond donors (Lipinski definition) is 0. The normalized spacial score (nSPS) is 12.7. The van der Waals surface area contributed by atoms with Crippen LogP contribution in [0.3, 0.4) is 0 Å². The first-order valence-electron chi connectivity index (χ1n) is 21.7. The van der Waals surface area contributed by atoms with Crippen LogP contribution in [-0.2, 0) is 5.41 Å². The van der Waals surface area contributed by atoms with Gasteiger partial charge < -0.3 is 9.64 Å². The molecule has 0 atom stereocenters. The van der Waals surface area contributed by atoms with Gasteiger partial charge in [-0.3, -0.25) is 0 Å². The van der Waals surface area contributed by atoms with Gasteiger partial charge in [-0.05, 0) is 115 Å². The zero-order valence-corrected chi connectivity index (χ0v) is 34.5. The Labute approximate surface area is 368 Å². The number of rotatable bonds is 7. The summed E-state index contributed by atoms with van der Waals surface area (Å²) < 4.78 is 7.13. The molecule has 2 aliphatic rings. The van der Waals surface area contributed by atoms with Crippen molar-refractivity contribution >= 4 is 17.1 Å². The lowest BCUT2D eigenvalue weighted by Crippen LogP contribution is -2.28. The van der Waals surface area contributed by atoms with Crippen molar-refractivity contribution in [2.24, 2.45) is 0 Å². The van der Waals surface area contributed by atoms with Gasteiger partial charge in [0.2, 0.25) is 0 Å². The van der Waals surface area contributed by atoms with Gasteiger partial charge in [-0.2, -0.15) is 0 Å². The summed E-state index contributed by atoms with van der Waals surface area (Å²) in [6.45, 7) is 0. The van der Waals surface area contributed by atoms with Gasteiger partial charge in [-0.15, -0.1) is 0 Å². The van der Waals surface area contributed by atoms with E-state index < -0.39 is 5.41 Å². The lowest BCUT2D eigenvalue weighted by atomic mass is 9.67. The molecular formula is C61H41NO. The van der Waals surface area contributed by atoms with Crippen molar-refractivity contribution in [1.82, 2.24) is 0 Å². The number of fused-ring (bicyclic) bond motifs is 8. The van der Waals surface area contributed by atoms with E-state index in [-0.39, 0.29) is 0 Å². The van der Waals surface area contributed by atoms with Crippen LogP contribution >= 0.6 is 0 Å². The van der Waals surface area contributed by atoms with Gasteiger partial charge in [0, 0.05) is 22.5 Å². The molecule has 1 aliphatic carbocycles. The average molecular weight is 804 g/mol. The molecule has 10 aromatic rings. The Hall–Kier alpha value is -8.20. The third-order valence-corrected chi connectivity index (χ3v) is 13.0. The standard InChI is InChI=1S/C61H41NO/c1-5-18-42(19-6-1)44-32-35-48(36-33-44)62(49-37-39-52-51-27-15-16-29-55(51)61(56(52)41-49,46-22-9-3-10-23-46)47-24-11-4-12-25-47)57-30-17-31-58-60(57)54-28-14-13-26-50(54)53-38-34-45(40-59(53)63-58)43-20-7-2-8-21-43/h1-41H. The highest BCUT2D eigenvalue weighted by Crippen LogP contribution is 2.58. The molecule has 12 rings (SSSR count). The van der Waals surface area contributed by atoms with Gasteiger partial charge in [0.25, 0.3) is 0 Å². The molecule has 296 valence electrons. The molecule has 0 bridgehead atoms. The number of benzene rings is 10. The van der Waals surface area contributed by atoms with E-state index in [1.807, 2.05) is 0 Å². The minimum absolute atomic E-state index is 0.547. The van der Waals surface area contributed by atoms with E-state index in [0.717, 1.165) is 61.9 Å². The lowest BCUT2D eigenvalue weighted by Gasteiger charge is -2.35. The second kappa shape index (κ2) is 15.1. The minimum Gasteiger partial charge on any atom is -0.456 e. The molecule has 2 nitrogen and oxygen atoms in total. The van der Waals surface area contributed by atoms with Crippen LogP contribution in [0.15, 0.2) is 249 Å². The van der Waals surface area contributed by atoms with Crippen molar-refractivity contribution in [1.29, 1.82) is 0 Å². The molecule has 10 aromatic carbocycles. The van der Waals surface area contributed by atoms with Crippen LogP contribution in [0.25, 0.3) is 55.6 Å². The van der Waals surface area contributed by atoms with Gasteiger partial charge in [0.05, 0.1) is 11.1 Å². The summed E-state index contributed by atoms with van der Waals surface area (Å²) in [5.74, 6) is 1.65. The molecule has 0 radical (unpaired) electrons. The Morgan fingerprint density at radius 2 is 0.810 bits per heavy atom. The predicted molar refractivity (Wildman–Crippen MR) is 260 cm³/mol. The van der Waals surface area contributed by atoms with Crippen molar-refractivity contribution in [3.63, 3.8) is 0 Å². The van der Waals surface area contributed by atoms with Crippen LogP contribution in [-0.4, -0.2) is 0 Å². The van der Waals surface area contributed by atoms with Crippen LogP contribution in [0.4, 0.5) is 17.1 Å². The molecule has 0 amide bonds. The summed E-state index contributed by atoms with van der Waals surface area (Å²) in [7, 11) is 0. The lowest BCUT2D eigenvalue weighted by molar-refractivity contribution is 0.488. The molecule has 0 N–H and O–H groups in total. The Kier molecular flexibility index (Phi) is 8.76. The monoisotopic (exact) mass is 803 g/mol. The molecule has 0 fully saturated rings. The van der Waals surface area contributed by atoms with Gasteiger partial charge in [0.15, 0.2) is 0 Å². The minimum atomic E-state index is -0.547. The van der Waals surface area contributed by atoms with Gasteiger partial charge in [-0.25, -0.2) is 0 Å². The molecule has 0 aromatic heterocycles. The first-order chi connectivity index (χ1) is 31.3. The topological polar surface area (TPSA) is 12.5 Å². The number of ether oxygens (including phenoxy) is 1. The third-order valence-electron chi connectivity index (χ3n) is 13.0. The summed E-state index contributed by atoms with van der Waals surface area (Å²) in [5, 5.41) is 0. The van der Waals surface area contributed by atoms with Crippen LogP contribution in [0.2, 0.25) is 0 Å². The fourth-order valence-corrected chi connectivity index (χ4v) is 10.2. The van der Waals surface area contributed by atoms with Crippen molar-refractivity contribution in [2.75, 3.05) is 4.90 Å². The molecule has 1 heterocycles.